The van der Waals surface area contributed by atoms with Gasteiger partial charge >= 0.3 is 5.69 Å². The molecule has 0 aliphatic rings. The molecule has 0 fully saturated rings. The van der Waals surface area contributed by atoms with Gasteiger partial charge in [-0.05, 0) is 38.3 Å². The number of hydrogen-bond acceptors (Lipinski definition) is 6. The molecule has 190 valence electrons. The largest absolute Gasteiger partial charge is 0.357 e. The van der Waals surface area contributed by atoms with Crippen LogP contribution in [0.25, 0.3) is 11.2 Å². The van der Waals surface area contributed by atoms with Crippen molar-refractivity contribution in [2.24, 2.45) is 5.92 Å². The summed E-state index contributed by atoms with van der Waals surface area (Å²) in [5, 5.41) is 2.89. The Kier molecular flexibility index (Phi) is 8.84. The number of amides is 1. The number of carbonyl (C=O) groups excluding carboxylic acids is 1. The number of nitrogens with zero attached hydrogens (tertiary/aromatic N) is 5. The maximum absolute atomic E-state index is 12.7. The molecule has 0 aliphatic heterocycles. The lowest BCUT2D eigenvalue weighted by molar-refractivity contribution is -0.116. The number of nitrogens with one attached hydrogen (secondary N) is 2. The fourth-order valence-electron chi connectivity index (χ4n) is 4.14. The van der Waals surface area contributed by atoms with Crippen LogP contribution < -0.4 is 21.5 Å². The minimum atomic E-state index is -0.449. The molecule has 3 rings (SSSR count). The summed E-state index contributed by atoms with van der Waals surface area (Å²) in [5.41, 5.74) is 0.517. The van der Waals surface area contributed by atoms with Gasteiger partial charge < -0.3 is 14.8 Å². The van der Waals surface area contributed by atoms with Gasteiger partial charge in [-0.25, -0.2) is 14.8 Å². The van der Waals surface area contributed by atoms with Crippen LogP contribution in [0.4, 0.5) is 11.5 Å². The maximum Gasteiger partial charge on any atom is 0.330 e. The number of pyridine rings is 1. The second-order valence-electron chi connectivity index (χ2n) is 9.09. The Balaban J connectivity index is 1.82. The molecule has 10 heteroatoms. The van der Waals surface area contributed by atoms with Crippen molar-refractivity contribution in [3.63, 3.8) is 0 Å². The fourth-order valence-corrected chi connectivity index (χ4v) is 4.14. The molecule has 1 amide bonds. The Bertz CT molecular complexity index is 1250. The number of fused-ring (bicyclic) bond motifs is 1. The summed E-state index contributed by atoms with van der Waals surface area (Å²) in [6, 6.07) is 3.74. The van der Waals surface area contributed by atoms with Gasteiger partial charge in [0.05, 0.1) is 11.9 Å². The van der Waals surface area contributed by atoms with Gasteiger partial charge in [0.15, 0.2) is 11.2 Å². The van der Waals surface area contributed by atoms with Crippen LogP contribution in [0.3, 0.4) is 0 Å². The zero-order chi connectivity index (χ0) is 25.5. The SMILES string of the molecule is CCCCn1c(=O)[nH]c(=O)c2c1nc(CCC(=O)Nc1ccc(N(CC)CC)nc1)n2CC(C)C. The van der Waals surface area contributed by atoms with E-state index in [0.717, 1.165) is 31.7 Å². The van der Waals surface area contributed by atoms with Crippen molar-refractivity contribution in [1.29, 1.82) is 0 Å². The lowest BCUT2D eigenvalue weighted by Crippen LogP contribution is -2.31. The highest BCUT2D eigenvalue weighted by molar-refractivity contribution is 5.90. The third-order valence-corrected chi connectivity index (χ3v) is 5.94. The molecular formula is C25H37N7O3. The van der Waals surface area contributed by atoms with Crippen LogP contribution in [0.1, 0.15) is 59.7 Å². The van der Waals surface area contributed by atoms with E-state index >= 15 is 0 Å². The molecule has 0 aromatic carbocycles. The van der Waals surface area contributed by atoms with E-state index in [2.05, 4.69) is 52.9 Å². The topological polar surface area (TPSA) is 118 Å². The lowest BCUT2D eigenvalue weighted by atomic mass is 10.2. The van der Waals surface area contributed by atoms with Crippen molar-refractivity contribution >= 4 is 28.6 Å². The second-order valence-corrected chi connectivity index (χ2v) is 9.09. The zero-order valence-electron chi connectivity index (χ0n) is 21.4. The summed E-state index contributed by atoms with van der Waals surface area (Å²) in [6.07, 6.45) is 3.91. The Morgan fingerprint density at radius 2 is 1.89 bits per heavy atom. The van der Waals surface area contributed by atoms with Crippen LogP contribution in [0, 0.1) is 5.92 Å². The van der Waals surface area contributed by atoms with Gasteiger partial charge in [0.25, 0.3) is 5.56 Å². The molecule has 3 aromatic rings. The molecule has 0 saturated heterocycles. The Labute approximate surface area is 205 Å². The molecule has 3 aromatic heterocycles. The molecule has 0 radical (unpaired) electrons. The number of hydrogen-bond donors (Lipinski definition) is 2. The highest BCUT2D eigenvalue weighted by atomic mass is 16.2. The minimum Gasteiger partial charge on any atom is -0.357 e. The Hall–Kier alpha value is -3.43. The molecule has 0 atom stereocenters. The van der Waals surface area contributed by atoms with Crippen LogP contribution >= 0.6 is 0 Å². The summed E-state index contributed by atoms with van der Waals surface area (Å²) in [6.45, 7) is 13.1. The van der Waals surface area contributed by atoms with E-state index in [1.54, 1.807) is 6.20 Å². The zero-order valence-corrected chi connectivity index (χ0v) is 21.4. The molecule has 0 aliphatic carbocycles. The monoisotopic (exact) mass is 483 g/mol. The molecule has 0 unspecified atom stereocenters. The van der Waals surface area contributed by atoms with Gasteiger partial charge in [-0.2, -0.15) is 0 Å². The van der Waals surface area contributed by atoms with Gasteiger partial charge in [-0.1, -0.05) is 27.2 Å². The summed E-state index contributed by atoms with van der Waals surface area (Å²) >= 11 is 0. The molecule has 10 nitrogen and oxygen atoms in total. The van der Waals surface area contributed by atoms with Gasteiger partial charge in [0, 0.05) is 39.0 Å². The lowest BCUT2D eigenvalue weighted by Gasteiger charge is -2.19. The molecule has 3 heterocycles. The van der Waals surface area contributed by atoms with Crippen molar-refractivity contribution in [1.82, 2.24) is 24.1 Å². The predicted molar refractivity (Wildman–Crippen MR) is 139 cm³/mol. The maximum atomic E-state index is 12.7. The van der Waals surface area contributed by atoms with E-state index in [0.29, 0.717) is 42.2 Å². The number of imidazole rings is 1. The summed E-state index contributed by atoms with van der Waals surface area (Å²) in [7, 11) is 0. The van der Waals surface area contributed by atoms with E-state index in [4.69, 9.17) is 0 Å². The van der Waals surface area contributed by atoms with Crippen LogP contribution in [0.5, 0.6) is 0 Å². The second kappa shape index (κ2) is 11.8. The first-order chi connectivity index (χ1) is 16.8. The number of anilines is 2. The van der Waals surface area contributed by atoms with Crippen LogP contribution in [-0.2, 0) is 24.3 Å². The Morgan fingerprint density at radius 3 is 2.49 bits per heavy atom. The van der Waals surface area contributed by atoms with Gasteiger partial charge in [0.1, 0.15) is 11.6 Å². The van der Waals surface area contributed by atoms with Crippen molar-refractivity contribution < 1.29 is 4.79 Å². The summed E-state index contributed by atoms with van der Waals surface area (Å²) in [5.74, 6) is 1.59. The highest BCUT2D eigenvalue weighted by Crippen LogP contribution is 2.17. The number of aromatic nitrogens is 5. The van der Waals surface area contributed by atoms with Crippen molar-refractivity contribution in [2.75, 3.05) is 23.3 Å². The van der Waals surface area contributed by atoms with Gasteiger partial charge in [-0.15, -0.1) is 0 Å². The smallest absolute Gasteiger partial charge is 0.330 e. The number of aryl methyl sites for hydroxylation is 2. The van der Waals surface area contributed by atoms with Gasteiger partial charge in [-0.3, -0.25) is 19.1 Å². The van der Waals surface area contributed by atoms with Crippen LogP contribution in [0.2, 0.25) is 0 Å². The van der Waals surface area contributed by atoms with E-state index in [1.807, 2.05) is 23.6 Å². The number of unbranched alkanes of at least 4 members (excludes halogenated alkanes) is 1. The van der Waals surface area contributed by atoms with E-state index in [9.17, 15) is 14.4 Å². The number of H-pyrrole nitrogens is 1. The molecule has 0 saturated carbocycles. The number of carbonyl (C=O) groups is 1. The van der Waals surface area contributed by atoms with Crippen LogP contribution in [0.15, 0.2) is 27.9 Å². The average molecular weight is 484 g/mol. The average Bonchev–Trinajstić information content (AvgIpc) is 3.17. The van der Waals surface area contributed by atoms with Gasteiger partial charge in [0.2, 0.25) is 5.91 Å². The Morgan fingerprint density at radius 1 is 1.14 bits per heavy atom. The molecular weight excluding hydrogens is 446 g/mol. The first-order valence-corrected chi connectivity index (χ1v) is 12.5. The molecule has 35 heavy (non-hydrogen) atoms. The summed E-state index contributed by atoms with van der Waals surface area (Å²) in [4.78, 5) is 51.6. The first-order valence-electron chi connectivity index (χ1n) is 12.5. The van der Waals surface area contributed by atoms with Crippen molar-refractivity contribution in [3.8, 4) is 0 Å². The van der Waals surface area contributed by atoms with Crippen molar-refractivity contribution in [2.45, 2.75) is 73.4 Å². The normalized spacial score (nSPS) is 11.4. The third kappa shape index (κ3) is 6.17. The quantitative estimate of drug-likeness (QED) is 0.409. The predicted octanol–water partition coefficient (Wildman–Crippen LogP) is 3.15. The van der Waals surface area contributed by atoms with E-state index < -0.39 is 11.2 Å². The summed E-state index contributed by atoms with van der Waals surface area (Å²) < 4.78 is 3.39. The minimum absolute atomic E-state index is 0.164. The standard InChI is InChI=1S/C25H37N7O3/c1-6-9-14-31-23-22(24(34)29-25(31)35)32(16-17(4)5)20(28-23)12-13-21(33)27-18-10-11-19(26-15-18)30(7-2)8-3/h10-11,15,17H,6-9,12-14,16H2,1-5H3,(H,27,33)(H,29,34,35). The fraction of sp³-hybridized carbons (Fsp3) is 0.560. The van der Waals surface area contributed by atoms with Crippen molar-refractivity contribution in [3.05, 3.63) is 45.0 Å². The molecule has 0 spiro atoms. The first kappa shape index (κ1) is 26.2. The highest BCUT2D eigenvalue weighted by Gasteiger charge is 2.20. The number of aromatic amines is 1. The van der Waals surface area contributed by atoms with E-state index in [1.165, 1.54) is 4.57 Å². The number of rotatable bonds is 12. The third-order valence-electron chi connectivity index (χ3n) is 5.94. The molecule has 2 N–H and O–H groups in total. The van der Waals surface area contributed by atoms with Crippen LogP contribution in [-0.4, -0.2) is 43.1 Å². The van der Waals surface area contributed by atoms with E-state index in [-0.39, 0.29) is 18.2 Å². The molecule has 0 bridgehead atoms.